The molecular weight excluding hydrogens is 262 g/mol. The Balaban J connectivity index is 1.70. The lowest BCUT2D eigenvalue weighted by molar-refractivity contribution is -0.126. The highest BCUT2D eigenvalue weighted by Gasteiger charge is 2.59. The summed E-state index contributed by atoms with van der Waals surface area (Å²) in [4.78, 5) is 24.0. The zero-order chi connectivity index (χ0) is 14.8. The summed E-state index contributed by atoms with van der Waals surface area (Å²) in [6.07, 6.45) is 9.37. The van der Waals surface area contributed by atoms with E-state index in [4.69, 9.17) is 5.73 Å². The highest BCUT2D eigenvalue weighted by atomic mass is 16.1. The second-order valence-corrected chi connectivity index (χ2v) is 8.01. The van der Waals surface area contributed by atoms with Gasteiger partial charge in [-0.05, 0) is 67.8 Å². The standard InChI is InChI=1S/C18H25NO2/c1-17-8-6-12(20)10-11(17)2-3-13-14(17)7-9-18(19)15(13)4-5-16(18)21/h10,13-15H,2-9,19H2,1H3/t13-,14+,15+,17+,18-/m1/s1. The molecule has 0 spiro atoms. The van der Waals surface area contributed by atoms with Crippen molar-refractivity contribution < 1.29 is 9.59 Å². The maximum absolute atomic E-state index is 12.2. The van der Waals surface area contributed by atoms with Gasteiger partial charge in [0, 0.05) is 12.8 Å². The molecule has 0 aromatic heterocycles. The molecule has 0 saturated heterocycles. The number of carbonyl (C=O) groups excluding carboxylic acids is 2. The van der Waals surface area contributed by atoms with E-state index in [2.05, 4.69) is 6.92 Å². The predicted octanol–water partition coefficient (Wildman–Crippen LogP) is 2.78. The molecule has 21 heavy (non-hydrogen) atoms. The van der Waals surface area contributed by atoms with Gasteiger partial charge >= 0.3 is 0 Å². The molecule has 0 radical (unpaired) electrons. The van der Waals surface area contributed by atoms with Crippen LogP contribution in [0.3, 0.4) is 0 Å². The molecule has 2 N–H and O–H groups in total. The monoisotopic (exact) mass is 287 g/mol. The number of nitrogens with two attached hydrogens (primary N) is 1. The minimum Gasteiger partial charge on any atom is -0.319 e. The van der Waals surface area contributed by atoms with E-state index in [1.807, 2.05) is 6.08 Å². The van der Waals surface area contributed by atoms with Gasteiger partial charge in [0.25, 0.3) is 0 Å². The molecule has 0 aromatic carbocycles. The molecule has 0 heterocycles. The van der Waals surface area contributed by atoms with Crippen LogP contribution in [-0.2, 0) is 9.59 Å². The topological polar surface area (TPSA) is 60.2 Å². The molecular formula is C18H25NO2. The van der Waals surface area contributed by atoms with Gasteiger partial charge in [-0.15, -0.1) is 0 Å². The van der Waals surface area contributed by atoms with Gasteiger partial charge in [0.05, 0.1) is 5.54 Å². The Morgan fingerprint density at radius 3 is 2.67 bits per heavy atom. The summed E-state index contributed by atoms with van der Waals surface area (Å²) in [6.45, 7) is 2.36. The fraction of sp³-hybridized carbons (Fsp3) is 0.778. The predicted molar refractivity (Wildman–Crippen MR) is 80.5 cm³/mol. The van der Waals surface area contributed by atoms with Crippen molar-refractivity contribution in [2.75, 3.05) is 0 Å². The number of rotatable bonds is 0. The van der Waals surface area contributed by atoms with Gasteiger partial charge in [-0.3, -0.25) is 9.59 Å². The van der Waals surface area contributed by atoms with Crippen LogP contribution in [0.15, 0.2) is 11.6 Å². The number of hydrogen-bond donors (Lipinski definition) is 1. The van der Waals surface area contributed by atoms with Crippen LogP contribution in [0, 0.1) is 23.2 Å². The summed E-state index contributed by atoms with van der Waals surface area (Å²) < 4.78 is 0. The second-order valence-electron chi connectivity index (χ2n) is 8.01. The van der Waals surface area contributed by atoms with Gasteiger partial charge in [0.15, 0.2) is 11.6 Å². The molecule has 4 rings (SSSR count). The molecule has 3 fully saturated rings. The highest BCUT2D eigenvalue weighted by Crippen LogP contribution is 2.61. The van der Waals surface area contributed by atoms with Crippen molar-refractivity contribution in [3.05, 3.63) is 11.6 Å². The molecule has 0 aromatic rings. The Morgan fingerprint density at radius 2 is 1.86 bits per heavy atom. The number of fused-ring (bicyclic) bond motifs is 5. The van der Waals surface area contributed by atoms with E-state index in [1.165, 1.54) is 5.57 Å². The smallest absolute Gasteiger partial charge is 0.155 e. The third-order valence-corrected chi connectivity index (χ3v) is 7.29. The number of allylic oxidation sites excluding steroid dienone is 1. The summed E-state index contributed by atoms with van der Waals surface area (Å²) in [7, 11) is 0. The van der Waals surface area contributed by atoms with Crippen LogP contribution in [0.25, 0.3) is 0 Å². The van der Waals surface area contributed by atoms with E-state index in [9.17, 15) is 9.59 Å². The van der Waals surface area contributed by atoms with Gasteiger partial charge in [0.1, 0.15) is 0 Å². The first-order valence-electron chi connectivity index (χ1n) is 8.51. The Kier molecular flexibility index (Phi) is 2.79. The van der Waals surface area contributed by atoms with E-state index in [1.54, 1.807) is 0 Å². The Morgan fingerprint density at radius 1 is 1.05 bits per heavy atom. The van der Waals surface area contributed by atoms with Crippen molar-refractivity contribution in [2.45, 2.75) is 63.8 Å². The van der Waals surface area contributed by atoms with Gasteiger partial charge in [-0.25, -0.2) is 0 Å². The summed E-state index contributed by atoms with van der Waals surface area (Å²) in [5, 5.41) is 0. The highest BCUT2D eigenvalue weighted by molar-refractivity contribution is 5.92. The van der Waals surface area contributed by atoms with Crippen molar-refractivity contribution in [1.82, 2.24) is 0 Å². The molecule has 114 valence electrons. The maximum Gasteiger partial charge on any atom is 0.155 e. The van der Waals surface area contributed by atoms with E-state index in [-0.39, 0.29) is 5.41 Å². The zero-order valence-electron chi connectivity index (χ0n) is 12.9. The number of Topliss-reactive ketones (excluding diaryl/α,β-unsaturated/α-hetero) is 1. The van der Waals surface area contributed by atoms with Gasteiger partial charge in [0.2, 0.25) is 0 Å². The van der Waals surface area contributed by atoms with Gasteiger partial charge < -0.3 is 5.73 Å². The fourth-order valence-corrected chi connectivity index (χ4v) is 6.07. The molecule has 4 aliphatic carbocycles. The van der Waals surface area contributed by atoms with Crippen LogP contribution in [-0.4, -0.2) is 17.1 Å². The van der Waals surface area contributed by atoms with E-state index < -0.39 is 5.54 Å². The normalized spacial score (nSPS) is 49.2. The second kappa shape index (κ2) is 4.28. The largest absolute Gasteiger partial charge is 0.319 e. The minimum absolute atomic E-state index is 0.184. The molecule has 4 aliphatic rings. The fourth-order valence-electron chi connectivity index (χ4n) is 6.07. The number of hydrogen-bond acceptors (Lipinski definition) is 3. The molecule has 0 aliphatic heterocycles. The third kappa shape index (κ3) is 1.70. The first-order valence-corrected chi connectivity index (χ1v) is 8.51. The Labute approximate surface area is 126 Å². The average molecular weight is 287 g/mol. The quantitative estimate of drug-likeness (QED) is 0.745. The molecule has 5 atom stereocenters. The lowest BCUT2D eigenvalue weighted by Gasteiger charge is -2.56. The summed E-state index contributed by atoms with van der Waals surface area (Å²) in [5.41, 5.74) is 7.57. The van der Waals surface area contributed by atoms with Crippen LogP contribution in [0.5, 0.6) is 0 Å². The van der Waals surface area contributed by atoms with Crippen molar-refractivity contribution >= 4 is 11.6 Å². The summed E-state index contributed by atoms with van der Waals surface area (Å²) in [5.74, 6) is 2.21. The molecule has 0 bridgehead atoms. The van der Waals surface area contributed by atoms with Crippen LogP contribution < -0.4 is 5.73 Å². The zero-order valence-corrected chi connectivity index (χ0v) is 12.9. The molecule has 0 amide bonds. The van der Waals surface area contributed by atoms with Gasteiger partial charge in [-0.2, -0.15) is 0 Å². The van der Waals surface area contributed by atoms with Gasteiger partial charge in [-0.1, -0.05) is 12.5 Å². The molecule has 3 nitrogen and oxygen atoms in total. The number of ketones is 2. The third-order valence-electron chi connectivity index (χ3n) is 7.29. The SMILES string of the molecule is C[C@]12CCC(=O)C=C1CC[C@@H]1[C@@H]2CC[C@]2(N)C(=O)CC[C@@H]12. The van der Waals surface area contributed by atoms with Crippen LogP contribution in [0.2, 0.25) is 0 Å². The summed E-state index contributed by atoms with van der Waals surface area (Å²) in [6, 6.07) is 0. The first kappa shape index (κ1) is 13.7. The lowest BCUT2D eigenvalue weighted by Crippen LogP contribution is -2.59. The molecule has 3 saturated carbocycles. The Bertz CT molecular complexity index is 551. The van der Waals surface area contributed by atoms with E-state index in [0.29, 0.717) is 42.2 Å². The van der Waals surface area contributed by atoms with Crippen LogP contribution in [0.4, 0.5) is 0 Å². The average Bonchev–Trinajstić information content (AvgIpc) is 2.76. The van der Waals surface area contributed by atoms with Crippen LogP contribution >= 0.6 is 0 Å². The molecule has 3 heteroatoms. The van der Waals surface area contributed by atoms with Crippen LogP contribution in [0.1, 0.15) is 58.3 Å². The van der Waals surface area contributed by atoms with Crippen molar-refractivity contribution in [1.29, 1.82) is 0 Å². The molecule has 0 unspecified atom stereocenters. The van der Waals surface area contributed by atoms with Crippen molar-refractivity contribution in [3.63, 3.8) is 0 Å². The lowest BCUT2D eigenvalue weighted by atomic mass is 9.49. The first-order chi connectivity index (χ1) is 9.95. The van der Waals surface area contributed by atoms with E-state index in [0.717, 1.165) is 38.5 Å². The number of carbonyl (C=O) groups is 2. The Hall–Kier alpha value is -0.960. The summed E-state index contributed by atoms with van der Waals surface area (Å²) >= 11 is 0. The van der Waals surface area contributed by atoms with E-state index >= 15 is 0 Å². The van der Waals surface area contributed by atoms with Crippen molar-refractivity contribution in [2.24, 2.45) is 28.9 Å². The maximum atomic E-state index is 12.2. The minimum atomic E-state index is -0.525. The van der Waals surface area contributed by atoms with Crippen molar-refractivity contribution in [3.8, 4) is 0 Å².